The van der Waals surface area contributed by atoms with E-state index in [1.165, 1.54) is 6.33 Å². The number of ether oxygens (including phenoxy) is 4. The Morgan fingerprint density at radius 3 is 2.18 bits per heavy atom. The molecule has 3 heterocycles. The molecule has 1 unspecified atom stereocenters. The van der Waals surface area contributed by atoms with E-state index in [-0.39, 0.29) is 30.1 Å². The van der Waals surface area contributed by atoms with E-state index < -0.39 is 36.8 Å². The van der Waals surface area contributed by atoms with Crippen LogP contribution in [0.4, 0.5) is 5.95 Å². The quantitative estimate of drug-likeness (QED) is 0.117. The molecule has 232 valence electrons. The summed E-state index contributed by atoms with van der Waals surface area (Å²) in [5.41, 5.74) is 7.11. The van der Waals surface area contributed by atoms with Crippen LogP contribution < -0.4 is 20.8 Å². The third-order valence-electron chi connectivity index (χ3n) is 7.80. The van der Waals surface area contributed by atoms with E-state index in [1.807, 2.05) is 78.9 Å². The Kier molecular flexibility index (Phi) is 8.88. The van der Waals surface area contributed by atoms with Crippen LogP contribution >= 0.6 is 7.23 Å². The molecular formula is C31H30N5O7PS. The lowest BCUT2D eigenvalue weighted by atomic mass is 9.80. The molecule has 1 fully saturated rings. The van der Waals surface area contributed by atoms with Gasteiger partial charge in [0.2, 0.25) is 5.95 Å². The number of nitrogens with two attached hydrogens (primary N) is 1. The van der Waals surface area contributed by atoms with Crippen molar-refractivity contribution in [2.24, 2.45) is 0 Å². The van der Waals surface area contributed by atoms with E-state index in [1.54, 1.807) is 18.8 Å². The average Bonchev–Trinajstić information content (AvgIpc) is 3.66. The van der Waals surface area contributed by atoms with E-state index in [4.69, 9.17) is 41.5 Å². The maximum absolute atomic E-state index is 12.4. The summed E-state index contributed by atoms with van der Waals surface area (Å²) in [7, 11) is 0.837. The third-order valence-corrected chi connectivity index (χ3v) is 8.50. The Morgan fingerprint density at radius 2 is 1.60 bits per heavy atom. The van der Waals surface area contributed by atoms with Gasteiger partial charge in [-0.05, 0) is 41.0 Å². The smallest absolute Gasteiger partial charge is 0.372 e. The van der Waals surface area contributed by atoms with E-state index >= 15 is 0 Å². The van der Waals surface area contributed by atoms with E-state index in [2.05, 4.69) is 15.0 Å². The molecule has 0 radical (unpaired) electrons. The SMILES string of the molecule is COc1ccc(C(OC[C@H]2O[C@@H](n3cnc4c(=O)[nH]c(N)nc43)C[C@@H]2O[P+](=O)[S-])(c2ccccc2)c2ccc(OC)cc2)cc1. The molecule has 0 spiro atoms. The van der Waals surface area contributed by atoms with Crippen LogP contribution in [0.2, 0.25) is 0 Å². The van der Waals surface area contributed by atoms with Gasteiger partial charge in [0.15, 0.2) is 11.2 Å². The van der Waals surface area contributed by atoms with Gasteiger partial charge in [0.05, 0.1) is 27.2 Å². The number of fused-ring (bicyclic) bond motifs is 1. The number of methoxy groups -OCH3 is 2. The highest BCUT2D eigenvalue weighted by Crippen LogP contribution is 2.44. The minimum Gasteiger partial charge on any atom is -0.497 e. The van der Waals surface area contributed by atoms with Gasteiger partial charge in [-0.3, -0.25) is 14.3 Å². The first-order chi connectivity index (χ1) is 21.8. The van der Waals surface area contributed by atoms with Crippen LogP contribution in [-0.2, 0) is 36.4 Å². The van der Waals surface area contributed by atoms with Gasteiger partial charge in [-0.2, -0.15) is 9.51 Å². The minimum absolute atomic E-state index is 0.00933. The number of hydrogen-bond donors (Lipinski definition) is 2. The maximum Gasteiger partial charge on any atom is 0.372 e. The van der Waals surface area contributed by atoms with Crippen molar-refractivity contribution in [1.82, 2.24) is 19.5 Å². The minimum atomic E-state index is -2.39. The van der Waals surface area contributed by atoms with E-state index in [0.29, 0.717) is 11.5 Å². The fourth-order valence-electron chi connectivity index (χ4n) is 5.68. The molecule has 2 aromatic heterocycles. The molecule has 4 atom stereocenters. The Labute approximate surface area is 264 Å². The number of nitrogens with one attached hydrogen (secondary N) is 1. The molecule has 12 nitrogen and oxygen atoms in total. The first-order valence-corrected chi connectivity index (χ1v) is 16.2. The number of H-pyrrole nitrogens is 1. The second kappa shape index (κ2) is 13.0. The van der Waals surface area contributed by atoms with Gasteiger partial charge in [0.25, 0.3) is 5.56 Å². The molecule has 6 rings (SSSR count). The summed E-state index contributed by atoms with van der Waals surface area (Å²) in [5, 5.41) is 0. The maximum atomic E-state index is 12.4. The van der Waals surface area contributed by atoms with Crippen LogP contribution in [-0.4, -0.2) is 52.6 Å². The number of imidazole rings is 1. The molecule has 0 saturated carbocycles. The van der Waals surface area contributed by atoms with Crippen molar-refractivity contribution in [3.05, 3.63) is 112 Å². The van der Waals surface area contributed by atoms with Crippen LogP contribution in [0, 0.1) is 0 Å². The zero-order chi connectivity index (χ0) is 31.6. The van der Waals surface area contributed by atoms with Crippen molar-refractivity contribution >= 4 is 36.6 Å². The second-order valence-corrected chi connectivity index (χ2v) is 11.9. The molecule has 0 bridgehead atoms. The van der Waals surface area contributed by atoms with Gasteiger partial charge in [0.1, 0.15) is 35.5 Å². The molecule has 3 aromatic carbocycles. The average molecular weight is 648 g/mol. The molecule has 1 aliphatic rings. The Bertz CT molecular complexity index is 1800. The molecule has 45 heavy (non-hydrogen) atoms. The molecule has 3 N–H and O–H groups in total. The summed E-state index contributed by atoms with van der Waals surface area (Å²) in [6.07, 6.45) is -0.398. The third kappa shape index (κ3) is 6.05. The highest BCUT2D eigenvalue weighted by atomic mass is 32.7. The predicted octanol–water partition coefficient (Wildman–Crippen LogP) is 4.60. The predicted molar refractivity (Wildman–Crippen MR) is 169 cm³/mol. The van der Waals surface area contributed by atoms with Crippen molar-refractivity contribution in [3.8, 4) is 11.5 Å². The van der Waals surface area contributed by atoms with Crippen LogP contribution in [0.15, 0.2) is 90.0 Å². The highest BCUT2D eigenvalue weighted by Gasteiger charge is 2.44. The summed E-state index contributed by atoms with van der Waals surface area (Å²) >= 11 is 4.93. The number of aromatic amines is 1. The summed E-state index contributed by atoms with van der Waals surface area (Å²) in [5.74, 6) is 1.33. The lowest BCUT2D eigenvalue weighted by molar-refractivity contribution is -0.0894. The zero-order valence-corrected chi connectivity index (χ0v) is 26.1. The van der Waals surface area contributed by atoms with Gasteiger partial charge in [0, 0.05) is 6.42 Å². The highest BCUT2D eigenvalue weighted by molar-refractivity contribution is 8.25. The molecule has 14 heteroatoms. The molecular weight excluding hydrogens is 617 g/mol. The molecule has 5 aromatic rings. The van der Waals surface area contributed by atoms with E-state index in [0.717, 1.165) is 16.7 Å². The number of anilines is 1. The van der Waals surface area contributed by atoms with Crippen molar-refractivity contribution in [3.63, 3.8) is 0 Å². The fraction of sp³-hybridized carbons (Fsp3) is 0.258. The van der Waals surface area contributed by atoms with Crippen molar-refractivity contribution in [2.75, 3.05) is 26.6 Å². The van der Waals surface area contributed by atoms with Gasteiger partial charge in [-0.1, -0.05) is 59.2 Å². The first kappa shape index (κ1) is 30.8. The van der Waals surface area contributed by atoms with Crippen LogP contribution in [0.25, 0.3) is 11.2 Å². The van der Waals surface area contributed by atoms with Crippen molar-refractivity contribution in [1.29, 1.82) is 0 Å². The van der Waals surface area contributed by atoms with Gasteiger partial charge in [-0.15, -0.1) is 0 Å². The Balaban J connectivity index is 1.41. The van der Waals surface area contributed by atoms with E-state index in [9.17, 15) is 9.36 Å². The lowest BCUT2D eigenvalue weighted by Crippen LogP contribution is -2.38. The largest absolute Gasteiger partial charge is 0.497 e. The normalized spacial score (nSPS) is 18.6. The molecule has 1 saturated heterocycles. The van der Waals surface area contributed by atoms with Crippen LogP contribution in [0.3, 0.4) is 0 Å². The number of nitrogens with zero attached hydrogens (tertiary/aromatic N) is 3. The van der Waals surface area contributed by atoms with Gasteiger partial charge >= 0.3 is 7.23 Å². The summed E-state index contributed by atoms with van der Waals surface area (Å²) < 4.78 is 43.8. The molecule has 1 aliphatic heterocycles. The molecule has 0 amide bonds. The fourth-order valence-corrected chi connectivity index (χ4v) is 6.45. The topological polar surface area (TPSA) is 153 Å². The van der Waals surface area contributed by atoms with Crippen molar-refractivity contribution in [2.45, 2.75) is 30.5 Å². The summed E-state index contributed by atoms with van der Waals surface area (Å²) in [4.78, 5) is 23.3. The number of nitrogen functional groups attached to an aromatic ring is 1. The van der Waals surface area contributed by atoms with Gasteiger partial charge in [-0.25, -0.2) is 4.98 Å². The Morgan fingerprint density at radius 1 is 1.00 bits per heavy atom. The number of aromatic nitrogens is 4. The second-order valence-electron chi connectivity index (χ2n) is 10.3. The summed E-state index contributed by atoms with van der Waals surface area (Å²) in [6.45, 7) is 0.00933. The zero-order valence-electron chi connectivity index (χ0n) is 24.4. The lowest BCUT2D eigenvalue weighted by Gasteiger charge is -2.37. The van der Waals surface area contributed by atoms with Crippen LogP contribution in [0.1, 0.15) is 29.3 Å². The van der Waals surface area contributed by atoms with Crippen molar-refractivity contribution < 1.29 is 28.0 Å². The number of hydrogen-bond acceptors (Lipinski definition) is 11. The summed E-state index contributed by atoms with van der Waals surface area (Å²) in [6, 6.07) is 25.1. The monoisotopic (exact) mass is 647 g/mol. The number of benzene rings is 3. The Hall–Kier alpha value is -4.26. The standard InChI is InChI=1S/C31H30N5O7PS/c1-39-22-12-8-20(9-13-22)31(19-6-4-3-5-7-19,21-10-14-23(40-2)15-11-21)41-17-25-24(43-44(38)45)16-26(42-25)36-18-33-27-28(36)34-30(32)35-29(27)37/h3-15,18,24-26H,16-17H2,1-2H3,(H3,32,34,35,37)/t24-,25+,26+/m0/s1. The van der Waals surface area contributed by atoms with Crippen LogP contribution in [0.5, 0.6) is 11.5 Å². The first-order valence-electron chi connectivity index (χ1n) is 14.0. The number of rotatable bonds is 11. The van der Waals surface area contributed by atoms with Gasteiger partial charge < -0.3 is 36.9 Å². The molecule has 0 aliphatic carbocycles.